The maximum Gasteiger partial charge on any atom is 0.357 e. The van der Waals surface area contributed by atoms with Gasteiger partial charge in [0.05, 0.1) is 106 Å². The number of pyridine rings is 6. The minimum atomic E-state index is -0.704. The van der Waals surface area contributed by atoms with Crippen molar-refractivity contribution in [3.8, 4) is 29.4 Å². The van der Waals surface area contributed by atoms with Crippen molar-refractivity contribution in [2.24, 2.45) is 0 Å². The number of halogens is 4. The molecule has 7 heterocycles. The van der Waals surface area contributed by atoms with Crippen LogP contribution in [0.5, 0.6) is 29.4 Å². The maximum atomic E-state index is 12.2. The van der Waals surface area contributed by atoms with Crippen LogP contribution in [0.1, 0.15) is 240 Å². The van der Waals surface area contributed by atoms with Crippen LogP contribution in [0.2, 0.25) is 20.6 Å². The second kappa shape index (κ2) is 51.3. The van der Waals surface area contributed by atoms with E-state index in [2.05, 4.69) is 55.9 Å². The van der Waals surface area contributed by atoms with E-state index >= 15 is 0 Å². The largest absolute Gasteiger partial charge is 0.481 e. The molecule has 1 aliphatic rings. The number of nitrogens with zero attached hydrogens (tertiary/aromatic N) is 5. The molecule has 1 aliphatic heterocycles. The average Bonchev–Trinajstić information content (AvgIpc) is 1.65. The minimum absolute atomic E-state index is 0.0281. The summed E-state index contributed by atoms with van der Waals surface area (Å²) in [5, 5.41) is 11.1. The monoisotopic (exact) mass is 1690 g/mol. The Balaban J connectivity index is 0.000000254. The number of aliphatic hydroxyl groups excluding tert-OH is 1. The fourth-order valence-electron chi connectivity index (χ4n) is 12.3. The first-order chi connectivity index (χ1) is 56.1. The van der Waals surface area contributed by atoms with E-state index in [1.165, 1.54) is 14.2 Å². The van der Waals surface area contributed by atoms with Gasteiger partial charge in [-0.3, -0.25) is 9.59 Å². The Hall–Kier alpha value is -9.11. The highest BCUT2D eigenvalue weighted by molar-refractivity contribution is 6.30. The number of carbonyl (C=O) groups is 3. The highest BCUT2D eigenvalue weighted by Gasteiger charge is 2.39. The van der Waals surface area contributed by atoms with Gasteiger partial charge in [-0.1, -0.05) is 193 Å². The van der Waals surface area contributed by atoms with Crippen LogP contribution in [-0.2, 0) is 58.8 Å². The SMILES string of the molecule is CCC(=O)c1cc(Cl)nc(OC)c1C.CCC(O)c1cc(Cl)nc(OC)c1C.CCC(OCc1ccccc1)c1cc(Cl)nc(OC)c1C.CCC1(c2cc(Cl)nc(OC)c2C)OCCO1.CCCOC(=O)c1cc(C(CC)OCc2ccccc2)c(C)c(=O)[nH]1.CCCOC(=O)c1cc(C(CC)OCc2ccccc2)c(C)c(OC)n1. The van der Waals surface area contributed by atoms with Gasteiger partial charge in [-0.25, -0.2) is 34.5 Å². The minimum Gasteiger partial charge on any atom is -0.481 e. The highest BCUT2D eigenvalue weighted by Crippen LogP contribution is 2.41. The Bertz CT molecular complexity index is 4630. The summed E-state index contributed by atoms with van der Waals surface area (Å²) in [6.45, 7) is 30.4. The maximum absolute atomic E-state index is 12.2. The lowest BCUT2D eigenvalue weighted by molar-refractivity contribution is -0.168. The van der Waals surface area contributed by atoms with Crippen LogP contribution < -0.4 is 29.2 Å². The predicted molar refractivity (Wildman–Crippen MR) is 457 cm³/mol. The molecule has 2 N–H and O–H groups in total. The molecule has 0 aliphatic carbocycles. The quantitative estimate of drug-likeness (QED) is 0.0225. The molecule has 10 rings (SSSR count). The molecule has 634 valence electrons. The third-order valence-electron chi connectivity index (χ3n) is 18.8. The lowest BCUT2D eigenvalue weighted by Crippen LogP contribution is -2.27. The number of nitrogens with one attached hydrogen (secondary N) is 1. The molecule has 4 atom stereocenters. The standard InChI is InChI=1S/C21H27NO4.C20H25NO4.C17H20ClNO2.C12H16ClNO3.C10H14ClNO2.C10H12ClNO2/c1-5-12-25-21(23)18-13-17(15(3)20(22-18)24-4)19(6-2)26-14-16-10-8-7-9-11-16;1-4-11-24-20(23)17-12-16(14(3)19(22)21-17)18(5-2)25-13-15-9-7-6-8-10-15;1-4-15(21-11-13-8-6-5-7-9-13)14-10-16(18)19-17(20-3)12(14)2;1-4-12(16-5-6-17-12)9-7-10(13)14-11(15-3)8(9)2;2*1-4-8(13)7-5-9(11)12-10(14-3)6(7)2/h7-11,13,19H,5-6,12,14H2,1-4H3;6-10,12,18H,4-5,11,13H2,1-3H3,(H,21,22);5-10,15H,4,11H2,1-3H3;7H,4-6H2,1-3H3;5,8,13H,4H2,1-3H3;5H,4H2,1-3H3. The number of rotatable bonds is 32. The van der Waals surface area contributed by atoms with Gasteiger partial charge in [0.25, 0.3) is 5.56 Å². The molecule has 6 aromatic heterocycles. The van der Waals surface area contributed by atoms with Gasteiger partial charge in [0.15, 0.2) is 17.3 Å². The van der Waals surface area contributed by atoms with Crippen LogP contribution >= 0.6 is 46.4 Å². The number of carbonyl (C=O) groups excluding carboxylic acids is 3. The van der Waals surface area contributed by atoms with E-state index in [-0.39, 0.29) is 46.2 Å². The summed E-state index contributed by atoms with van der Waals surface area (Å²) >= 11 is 23.6. The lowest BCUT2D eigenvalue weighted by atomic mass is 9.99. The van der Waals surface area contributed by atoms with Gasteiger partial charge in [0, 0.05) is 57.3 Å². The molecule has 3 aromatic carbocycles. The van der Waals surface area contributed by atoms with Crippen molar-refractivity contribution in [3.63, 3.8) is 0 Å². The van der Waals surface area contributed by atoms with E-state index in [9.17, 15) is 24.3 Å². The van der Waals surface area contributed by atoms with E-state index in [1.54, 1.807) is 65.5 Å². The number of aliphatic hydroxyl groups is 1. The third kappa shape index (κ3) is 29.4. The number of hydrogen-bond donors (Lipinski definition) is 2. The van der Waals surface area contributed by atoms with E-state index < -0.39 is 23.8 Å². The average molecular weight is 1690 g/mol. The topological polar surface area (TPSA) is 280 Å². The predicted octanol–water partition coefficient (Wildman–Crippen LogP) is 21.1. The molecule has 23 nitrogen and oxygen atoms in total. The number of ether oxygens (including phenoxy) is 12. The summed E-state index contributed by atoms with van der Waals surface area (Å²) in [6.07, 6.45) is 4.66. The fraction of sp³-hybridized carbons (Fsp3) is 0.433. The van der Waals surface area contributed by atoms with Crippen molar-refractivity contribution in [2.75, 3.05) is 62.0 Å². The van der Waals surface area contributed by atoms with Gasteiger partial charge in [-0.15, -0.1) is 0 Å². The van der Waals surface area contributed by atoms with Crippen molar-refractivity contribution in [2.45, 2.75) is 198 Å². The molecule has 1 fully saturated rings. The molecule has 4 unspecified atom stereocenters. The molecular weight excluding hydrogens is 1580 g/mol. The summed E-state index contributed by atoms with van der Waals surface area (Å²) in [4.78, 5) is 71.2. The summed E-state index contributed by atoms with van der Waals surface area (Å²) in [5.41, 5.74) is 13.3. The van der Waals surface area contributed by atoms with Crippen molar-refractivity contribution in [1.29, 1.82) is 0 Å². The fourth-order valence-corrected chi connectivity index (χ4v) is 13.1. The Morgan fingerprint density at radius 1 is 0.453 bits per heavy atom. The van der Waals surface area contributed by atoms with Crippen LogP contribution in [-0.4, -0.2) is 115 Å². The van der Waals surface area contributed by atoms with Gasteiger partial charge in [-0.05, 0) is 155 Å². The van der Waals surface area contributed by atoms with Gasteiger partial charge in [-0.2, -0.15) is 0 Å². The van der Waals surface area contributed by atoms with Gasteiger partial charge >= 0.3 is 11.9 Å². The van der Waals surface area contributed by atoms with Crippen LogP contribution in [0.3, 0.4) is 0 Å². The van der Waals surface area contributed by atoms with Crippen molar-refractivity contribution in [1.82, 2.24) is 29.9 Å². The van der Waals surface area contributed by atoms with Gasteiger partial charge < -0.3 is 66.9 Å². The number of benzene rings is 3. The third-order valence-corrected chi connectivity index (χ3v) is 19.5. The Labute approximate surface area is 709 Å². The smallest absolute Gasteiger partial charge is 0.357 e. The van der Waals surface area contributed by atoms with Crippen LogP contribution in [0.25, 0.3) is 0 Å². The van der Waals surface area contributed by atoms with Gasteiger partial charge in [0.2, 0.25) is 29.4 Å². The van der Waals surface area contributed by atoms with Gasteiger partial charge in [0.1, 0.15) is 26.3 Å². The number of Topliss-reactive ketones (excluding diaryl/α,β-unsaturated/α-hetero) is 1. The van der Waals surface area contributed by atoms with Crippen LogP contribution in [0.15, 0.2) is 132 Å². The molecule has 9 aromatic rings. The Kier molecular flexibility index (Phi) is 43.1. The Morgan fingerprint density at radius 3 is 1.22 bits per heavy atom. The molecule has 1 saturated heterocycles. The molecule has 0 saturated carbocycles. The van der Waals surface area contributed by atoms with E-state index in [4.69, 9.17) is 103 Å². The molecule has 0 radical (unpaired) electrons. The number of ketones is 1. The van der Waals surface area contributed by atoms with Crippen molar-refractivity contribution < 1.29 is 76.3 Å². The van der Waals surface area contributed by atoms with E-state index in [0.717, 1.165) is 104 Å². The molecule has 117 heavy (non-hydrogen) atoms. The number of esters is 2. The highest BCUT2D eigenvalue weighted by atomic mass is 35.5. The van der Waals surface area contributed by atoms with Crippen molar-refractivity contribution >= 4 is 64.1 Å². The first-order valence-electron chi connectivity index (χ1n) is 39.1. The zero-order chi connectivity index (χ0) is 86.3. The number of H-pyrrole nitrogens is 1. The van der Waals surface area contributed by atoms with Crippen LogP contribution in [0, 0.1) is 41.5 Å². The van der Waals surface area contributed by atoms with Crippen LogP contribution in [0.4, 0.5) is 0 Å². The normalized spacial score (nSPS) is 12.8. The summed E-state index contributed by atoms with van der Waals surface area (Å²) < 4.78 is 65.9. The Morgan fingerprint density at radius 2 is 0.821 bits per heavy atom. The summed E-state index contributed by atoms with van der Waals surface area (Å²) in [6, 6.07) is 40.3. The second-order valence-corrected chi connectivity index (χ2v) is 28.3. The molecule has 27 heteroatoms. The summed E-state index contributed by atoms with van der Waals surface area (Å²) in [5.74, 6) is 0.762. The zero-order valence-electron chi connectivity index (χ0n) is 70.8. The molecular formula is C90H114Cl4N6O17. The second-order valence-electron chi connectivity index (χ2n) is 26.8. The first kappa shape index (κ1) is 98.5. The molecule has 0 spiro atoms. The number of aromatic nitrogens is 6. The molecule has 0 bridgehead atoms. The number of aromatic amines is 1. The zero-order valence-corrected chi connectivity index (χ0v) is 73.8. The first-order valence-corrected chi connectivity index (χ1v) is 40.6. The lowest BCUT2D eigenvalue weighted by Gasteiger charge is -2.28. The molecule has 0 amide bonds. The summed E-state index contributed by atoms with van der Waals surface area (Å²) in [7, 11) is 7.76. The van der Waals surface area contributed by atoms with Crippen molar-refractivity contribution in [3.05, 3.63) is 253 Å². The number of hydrogen-bond acceptors (Lipinski definition) is 22. The number of methoxy groups -OCH3 is 5. The van der Waals surface area contributed by atoms with E-state index in [1.807, 2.05) is 154 Å². The van der Waals surface area contributed by atoms with E-state index in [0.29, 0.717) is 121 Å².